The Kier molecular flexibility index (Phi) is 7.37. The maximum atomic E-state index is 13.9. The summed E-state index contributed by atoms with van der Waals surface area (Å²) in [5.74, 6) is -0.193. The van der Waals surface area contributed by atoms with Gasteiger partial charge in [0.25, 0.3) is 5.91 Å². The molecule has 6 rings (SSSR count). The van der Waals surface area contributed by atoms with Gasteiger partial charge in [-0.2, -0.15) is 4.37 Å². The van der Waals surface area contributed by atoms with Crippen LogP contribution in [0.15, 0.2) is 59.0 Å². The molecule has 0 radical (unpaired) electrons. The van der Waals surface area contributed by atoms with Crippen LogP contribution >= 0.6 is 11.5 Å². The van der Waals surface area contributed by atoms with E-state index in [1.54, 1.807) is 6.20 Å². The zero-order valence-electron chi connectivity index (χ0n) is 22.6. The van der Waals surface area contributed by atoms with E-state index in [0.29, 0.717) is 64.2 Å². The maximum absolute atomic E-state index is 13.9. The van der Waals surface area contributed by atoms with Gasteiger partial charge in [0.2, 0.25) is 5.91 Å². The molecule has 40 heavy (non-hydrogen) atoms. The van der Waals surface area contributed by atoms with Crippen molar-refractivity contribution in [1.82, 2.24) is 24.1 Å². The van der Waals surface area contributed by atoms with Crippen LogP contribution in [0.3, 0.4) is 0 Å². The number of pyridine rings is 1. The standard InChI is InChI=1S/C30H34N6O3S/c1-21-25(18-40-33-21)29(38)36-13-9-23(24(16-36)22-6-3-2-4-7-22)28(37)35-14-10-30(39,11-15-35)19-34-17-27-26(32-20-34)8-5-12-31-27/h2-8,12,17-18,23-24,39H,9-11,13-16,19-20H2,1H3/t23-,24+/m1/s1. The summed E-state index contributed by atoms with van der Waals surface area (Å²) in [6.07, 6.45) is 5.34. The number of fused-ring (bicyclic) bond motifs is 1. The minimum atomic E-state index is -0.893. The average Bonchev–Trinajstić information content (AvgIpc) is 3.42. The minimum Gasteiger partial charge on any atom is -0.388 e. The monoisotopic (exact) mass is 558 g/mol. The molecule has 0 spiro atoms. The van der Waals surface area contributed by atoms with E-state index in [4.69, 9.17) is 0 Å². The third kappa shape index (κ3) is 5.38. The van der Waals surface area contributed by atoms with Crippen LogP contribution in [0.4, 0.5) is 0 Å². The van der Waals surface area contributed by atoms with Gasteiger partial charge < -0.3 is 19.8 Å². The number of aryl methyl sites for hydroxylation is 1. The van der Waals surface area contributed by atoms with Crippen LogP contribution in [0.5, 0.6) is 0 Å². The smallest absolute Gasteiger partial charge is 0.256 e. The second kappa shape index (κ2) is 11.1. The van der Waals surface area contributed by atoms with Crippen LogP contribution < -0.4 is 10.7 Å². The van der Waals surface area contributed by atoms with Crippen molar-refractivity contribution in [2.24, 2.45) is 10.9 Å². The number of nitrogens with zero attached hydrogens (tertiary/aromatic N) is 6. The van der Waals surface area contributed by atoms with Gasteiger partial charge in [-0.25, -0.2) is 0 Å². The molecule has 0 aliphatic carbocycles. The molecule has 9 nitrogen and oxygen atoms in total. The van der Waals surface area contributed by atoms with Crippen molar-refractivity contribution in [3.8, 4) is 0 Å². The number of β-amino-alcohol motifs (C(OH)–C–C–N with tert-alkyl or cyclic N) is 1. The maximum Gasteiger partial charge on any atom is 0.256 e. The van der Waals surface area contributed by atoms with E-state index in [1.165, 1.54) is 11.5 Å². The first-order valence-corrected chi connectivity index (χ1v) is 14.7. The zero-order valence-corrected chi connectivity index (χ0v) is 23.5. The van der Waals surface area contributed by atoms with Crippen LogP contribution in [0.25, 0.3) is 6.20 Å². The number of hydrogen-bond acceptors (Lipinski definition) is 8. The highest BCUT2D eigenvalue weighted by molar-refractivity contribution is 7.03. The molecule has 3 aliphatic heterocycles. The Labute approximate surface area is 237 Å². The summed E-state index contributed by atoms with van der Waals surface area (Å²) < 4.78 is 4.27. The molecule has 2 saturated heterocycles. The summed E-state index contributed by atoms with van der Waals surface area (Å²) in [5.41, 5.74) is 1.58. The lowest BCUT2D eigenvalue weighted by molar-refractivity contribution is -0.142. The molecule has 0 bridgehead atoms. The zero-order chi connectivity index (χ0) is 27.7. The molecular formula is C30H34N6O3S. The summed E-state index contributed by atoms with van der Waals surface area (Å²) in [6, 6.07) is 13.9. The predicted octanol–water partition coefficient (Wildman–Crippen LogP) is 1.78. The molecule has 0 unspecified atom stereocenters. The molecular weight excluding hydrogens is 524 g/mol. The summed E-state index contributed by atoms with van der Waals surface area (Å²) in [7, 11) is 0. The lowest BCUT2D eigenvalue weighted by Crippen LogP contribution is -2.55. The van der Waals surface area contributed by atoms with Gasteiger partial charge in [-0.15, -0.1) is 0 Å². The first kappa shape index (κ1) is 26.6. The Hall–Kier alpha value is -3.63. The third-order valence-electron chi connectivity index (χ3n) is 8.47. The summed E-state index contributed by atoms with van der Waals surface area (Å²) in [6.45, 7) is 4.86. The van der Waals surface area contributed by atoms with Crippen molar-refractivity contribution in [3.05, 3.63) is 81.6 Å². The Morgan fingerprint density at radius 2 is 1.88 bits per heavy atom. The van der Waals surface area contributed by atoms with E-state index >= 15 is 0 Å². The number of hydrogen-bond donors (Lipinski definition) is 1. The van der Waals surface area contributed by atoms with Gasteiger partial charge in [-0.1, -0.05) is 30.3 Å². The second-order valence-corrected chi connectivity index (χ2v) is 11.7. The second-order valence-electron chi connectivity index (χ2n) is 11.1. The molecule has 2 atom stereocenters. The van der Waals surface area contributed by atoms with Gasteiger partial charge in [0.15, 0.2) is 0 Å². The van der Waals surface area contributed by atoms with Crippen LogP contribution in [0, 0.1) is 12.8 Å². The molecule has 1 N–H and O–H groups in total. The van der Waals surface area contributed by atoms with E-state index in [9.17, 15) is 14.7 Å². The molecule has 0 saturated carbocycles. The lowest BCUT2D eigenvalue weighted by Gasteiger charge is -2.44. The Morgan fingerprint density at radius 1 is 1.07 bits per heavy atom. The number of carbonyl (C=O) groups is 2. The van der Waals surface area contributed by atoms with Crippen molar-refractivity contribution in [3.63, 3.8) is 0 Å². The minimum absolute atomic E-state index is 0.0137. The van der Waals surface area contributed by atoms with E-state index in [1.807, 2.05) is 63.5 Å². The van der Waals surface area contributed by atoms with E-state index < -0.39 is 5.60 Å². The van der Waals surface area contributed by atoms with E-state index in [-0.39, 0.29) is 23.7 Å². The molecule has 1 aromatic carbocycles. The Bertz CT molecular complexity index is 1500. The number of amides is 2. The van der Waals surface area contributed by atoms with Gasteiger partial charge in [-0.3, -0.25) is 19.6 Å². The molecule has 2 amide bonds. The van der Waals surface area contributed by atoms with Crippen molar-refractivity contribution < 1.29 is 14.7 Å². The lowest BCUT2D eigenvalue weighted by atomic mass is 9.79. The van der Waals surface area contributed by atoms with Crippen molar-refractivity contribution in [1.29, 1.82) is 0 Å². The fourth-order valence-electron chi connectivity index (χ4n) is 6.17. The summed E-state index contributed by atoms with van der Waals surface area (Å²) in [4.78, 5) is 42.0. The highest BCUT2D eigenvalue weighted by atomic mass is 32.1. The molecule has 3 aliphatic rings. The fraction of sp³-hybridized carbons (Fsp3) is 0.433. The molecule has 10 heteroatoms. The number of benzene rings is 1. The van der Waals surface area contributed by atoms with Gasteiger partial charge in [-0.05, 0) is 55.4 Å². The SMILES string of the molecule is Cc1nscc1C(=O)N1CC[C@@H](C(=O)N2CCC(O)(CN3C=c4ncccc4=NC3)CC2)[C@H](c2ccccc2)C1. The molecule has 208 valence electrons. The van der Waals surface area contributed by atoms with Gasteiger partial charge in [0.05, 0.1) is 22.2 Å². The first-order valence-electron chi connectivity index (χ1n) is 13.9. The molecule has 2 fully saturated rings. The molecule has 3 aromatic rings. The number of carbonyl (C=O) groups excluding carboxylic acids is 2. The van der Waals surface area contributed by atoms with E-state index in [0.717, 1.165) is 22.0 Å². The summed E-state index contributed by atoms with van der Waals surface area (Å²) >= 11 is 1.30. The highest BCUT2D eigenvalue weighted by Gasteiger charge is 2.42. The van der Waals surface area contributed by atoms with Gasteiger partial charge in [0.1, 0.15) is 12.0 Å². The fourth-order valence-corrected chi connectivity index (χ4v) is 6.86. The highest BCUT2D eigenvalue weighted by Crippen LogP contribution is 2.36. The topological polar surface area (TPSA) is 102 Å². The van der Waals surface area contributed by atoms with Gasteiger partial charge >= 0.3 is 0 Å². The molecule has 5 heterocycles. The average molecular weight is 559 g/mol. The predicted molar refractivity (Wildman–Crippen MR) is 152 cm³/mol. The van der Waals surface area contributed by atoms with Crippen LogP contribution in [-0.2, 0) is 4.79 Å². The number of likely N-dealkylation sites (tertiary alicyclic amines) is 2. The number of rotatable bonds is 5. The van der Waals surface area contributed by atoms with Crippen molar-refractivity contribution in [2.75, 3.05) is 39.4 Å². The Morgan fingerprint density at radius 3 is 2.62 bits per heavy atom. The largest absolute Gasteiger partial charge is 0.388 e. The van der Waals surface area contributed by atoms with Crippen LogP contribution in [0.2, 0.25) is 0 Å². The molecule has 2 aromatic heterocycles. The first-order chi connectivity index (χ1) is 19.4. The van der Waals surface area contributed by atoms with Crippen LogP contribution in [-0.4, -0.2) is 86.0 Å². The van der Waals surface area contributed by atoms with Gasteiger partial charge in [0, 0.05) is 62.3 Å². The quantitative estimate of drug-likeness (QED) is 0.512. The van der Waals surface area contributed by atoms with E-state index in [2.05, 4.69) is 26.5 Å². The Balaban J connectivity index is 1.13. The third-order valence-corrected chi connectivity index (χ3v) is 9.19. The van der Waals surface area contributed by atoms with Crippen molar-refractivity contribution in [2.45, 2.75) is 37.7 Å². The number of aliphatic hydroxyl groups is 1. The number of piperidine rings is 2. The number of aromatic nitrogens is 2. The normalized spacial score (nSPS) is 22.2. The van der Waals surface area contributed by atoms with Crippen LogP contribution in [0.1, 0.15) is 46.8 Å². The van der Waals surface area contributed by atoms with Crippen molar-refractivity contribution >= 4 is 29.5 Å². The summed E-state index contributed by atoms with van der Waals surface area (Å²) in [5, 5.41) is 14.9.